The standard InChI is InChI=1S/C13H17N3S/c1-9-8-10(2)16-13(14,15-9)11-4-6-12(17-3)7-5-11/h4-8,15H,14H2,1-3H3. The molecule has 0 aromatic heterocycles. The van der Waals surface area contributed by atoms with Crippen molar-refractivity contribution in [3.8, 4) is 0 Å². The van der Waals surface area contributed by atoms with Gasteiger partial charge in [-0.15, -0.1) is 11.8 Å². The van der Waals surface area contributed by atoms with E-state index >= 15 is 0 Å². The summed E-state index contributed by atoms with van der Waals surface area (Å²) in [5.74, 6) is -0.833. The van der Waals surface area contributed by atoms with Gasteiger partial charge in [-0.2, -0.15) is 0 Å². The Labute approximate surface area is 106 Å². The number of nitrogens with two attached hydrogens (primary N) is 1. The van der Waals surface area contributed by atoms with Gasteiger partial charge in [0.05, 0.1) is 0 Å². The first-order valence-corrected chi connectivity index (χ1v) is 6.72. The van der Waals surface area contributed by atoms with E-state index in [1.54, 1.807) is 11.8 Å². The third kappa shape index (κ3) is 2.53. The molecule has 17 heavy (non-hydrogen) atoms. The van der Waals surface area contributed by atoms with E-state index in [1.165, 1.54) is 4.90 Å². The molecule has 0 radical (unpaired) electrons. The molecule has 0 spiro atoms. The second-order valence-electron chi connectivity index (χ2n) is 4.20. The van der Waals surface area contributed by atoms with Crippen LogP contribution >= 0.6 is 11.8 Å². The summed E-state index contributed by atoms with van der Waals surface area (Å²) in [6, 6.07) is 8.17. The summed E-state index contributed by atoms with van der Waals surface area (Å²) in [6.45, 7) is 3.96. The summed E-state index contributed by atoms with van der Waals surface area (Å²) in [6.07, 6.45) is 4.04. The zero-order valence-electron chi connectivity index (χ0n) is 10.3. The van der Waals surface area contributed by atoms with Crippen LogP contribution < -0.4 is 11.1 Å². The van der Waals surface area contributed by atoms with Crippen molar-refractivity contribution in [2.75, 3.05) is 6.26 Å². The Bertz CT molecular complexity index is 476. The SMILES string of the molecule is CSc1ccc(C2(N)N=C(C)C=C(C)N2)cc1. The van der Waals surface area contributed by atoms with Crippen molar-refractivity contribution in [3.05, 3.63) is 41.6 Å². The number of hydrogen-bond acceptors (Lipinski definition) is 4. The molecular weight excluding hydrogens is 230 g/mol. The summed E-state index contributed by atoms with van der Waals surface area (Å²) in [5.41, 5.74) is 9.26. The Morgan fingerprint density at radius 3 is 2.41 bits per heavy atom. The molecule has 1 aromatic carbocycles. The van der Waals surface area contributed by atoms with Crippen molar-refractivity contribution in [2.45, 2.75) is 24.5 Å². The summed E-state index contributed by atoms with van der Waals surface area (Å²) in [4.78, 5) is 5.71. The van der Waals surface area contributed by atoms with Gasteiger partial charge in [-0.1, -0.05) is 12.1 Å². The molecule has 1 heterocycles. The lowest BCUT2D eigenvalue weighted by Crippen LogP contribution is -2.50. The number of rotatable bonds is 2. The number of nitrogens with one attached hydrogen (secondary N) is 1. The van der Waals surface area contributed by atoms with Crippen LogP contribution in [0.4, 0.5) is 0 Å². The minimum absolute atomic E-state index is 0.833. The highest BCUT2D eigenvalue weighted by Gasteiger charge is 2.28. The topological polar surface area (TPSA) is 50.4 Å². The molecule has 4 heteroatoms. The van der Waals surface area contributed by atoms with Crippen molar-refractivity contribution in [2.24, 2.45) is 10.7 Å². The molecule has 1 aliphatic heterocycles. The van der Waals surface area contributed by atoms with Crippen LogP contribution in [-0.2, 0) is 5.79 Å². The van der Waals surface area contributed by atoms with Gasteiger partial charge >= 0.3 is 0 Å². The lowest BCUT2D eigenvalue weighted by Gasteiger charge is -2.31. The van der Waals surface area contributed by atoms with Crippen molar-refractivity contribution >= 4 is 17.5 Å². The third-order valence-corrected chi connectivity index (χ3v) is 3.44. The molecule has 1 aliphatic rings. The number of nitrogens with zero attached hydrogens (tertiary/aromatic N) is 1. The lowest BCUT2D eigenvalue weighted by atomic mass is 10.1. The fourth-order valence-corrected chi connectivity index (χ4v) is 2.38. The van der Waals surface area contributed by atoms with Gasteiger partial charge in [0.15, 0.2) is 0 Å². The average Bonchev–Trinajstić information content (AvgIpc) is 2.27. The zero-order chi connectivity index (χ0) is 12.5. The highest BCUT2D eigenvalue weighted by Crippen LogP contribution is 2.24. The minimum atomic E-state index is -0.833. The molecule has 3 N–H and O–H groups in total. The maximum absolute atomic E-state index is 6.31. The lowest BCUT2D eigenvalue weighted by molar-refractivity contribution is 0.395. The minimum Gasteiger partial charge on any atom is -0.349 e. The zero-order valence-corrected chi connectivity index (χ0v) is 11.1. The molecule has 0 amide bonds. The van der Waals surface area contributed by atoms with Gasteiger partial charge in [0.25, 0.3) is 0 Å². The fourth-order valence-electron chi connectivity index (χ4n) is 1.97. The number of thioether (sulfide) groups is 1. The second-order valence-corrected chi connectivity index (χ2v) is 5.08. The number of aliphatic imine (C=N–C) groups is 1. The smallest absolute Gasteiger partial charge is 0.209 e. The van der Waals surface area contributed by atoms with Crippen molar-refractivity contribution in [3.63, 3.8) is 0 Å². The predicted molar refractivity (Wildman–Crippen MR) is 74.1 cm³/mol. The Hall–Kier alpha value is -1.26. The van der Waals surface area contributed by atoms with Crippen molar-refractivity contribution < 1.29 is 0 Å². The van der Waals surface area contributed by atoms with Crippen LogP contribution in [0.3, 0.4) is 0 Å². The molecule has 0 aliphatic carbocycles. The van der Waals surface area contributed by atoms with Crippen LogP contribution in [-0.4, -0.2) is 12.0 Å². The van der Waals surface area contributed by atoms with Gasteiger partial charge in [-0.05, 0) is 38.3 Å². The van der Waals surface area contributed by atoms with Gasteiger partial charge < -0.3 is 5.32 Å². The molecule has 1 unspecified atom stereocenters. The highest BCUT2D eigenvalue weighted by atomic mass is 32.2. The number of benzene rings is 1. The van der Waals surface area contributed by atoms with Crippen LogP contribution in [0.1, 0.15) is 19.4 Å². The van der Waals surface area contributed by atoms with E-state index in [2.05, 4.69) is 28.7 Å². The van der Waals surface area contributed by atoms with E-state index in [9.17, 15) is 0 Å². The normalized spacial score (nSPS) is 23.8. The van der Waals surface area contributed by atoms with Crippen molar-refractivity contribution in [1.82, 2.24) is 5.32 Å². The van der Waals surface area contributed by atoms with Crippen LogP contribution in [0.25, 0.3) is 0 Å². The van der Waals surface area contributed by atoms with Gasteiger partial charge in [0.2, 0.25) is 5.79 Å². The Balaban J connectivity index is 2.35. The quantitative estimate of drug-likeness (QED) is 0.789. The molecule has 2 rings (SSSR count). The molecule has 0 saturated heterocycles. The number of hydrogen-bond donors (Lipinski definition) is 2. The third-order valence-electron chi connectivity index (χ3n) is 2.70. The molecule has 0 fully saturated rings. The second kappa shape index (κ2) is 4.55. The van der Waals surface area contributed by atoms with E-state index in [4.69, 9.17) is 5.73 Å². The first-order valence-electron chi connectivity index (χ1n) is 5.50. The van der Waals surface area contributed by atoms with E-state index in [0.717, 1.165) is 17.0 Å². The highest BCUT2D eigenvalue weighted by molar-refractivity contribution is 7.98. The van der Waals surface area contributed by atoms with Gasteiger partial charge in [-0.25, -0.2) is 4.99 Å². The van der Waals surface area contributed by atoms with Crippen LogP contribution in [0.2, 0.25) is 0 Å². The van der Waals surface area contributed by atoms with Crippen molar-refractivity contribution in [1.29, 1.82) is 0 Å². The maximum Gasteiger partial charge on any atom is 0.209 e. The van der Waals surface area contributed by atoms with Crippen LogP contribution in [0, 0.1) is 0 Å². The van der Waals surface area contributed by atoms with Gasteiger partial charge in [0.1, 0.15) is 0 Å². The monoisotopic (exact) mass is 247 g/mol. The maximum atomic E-state index is 6.31. The molecule has 1 atom stereocenters. The fraction of sp³-hybridized carbons (Fsp3) is 0.308. The van der Waals surface area contributed by atoms with Crippen LogP contribution in [0.15, 0.2) is 45.9 Å². The Morgan fingerprint density at radius 1 is 1.24 bits per heavy atom. The Morgan fingerprint density at radius 2 is 1.88 bits per heavy atom. The molecular formula is C13H17N3S. The summed E-state index contributed by atoms with van der Waals surface area (Å²) in [7, 11) is 0. The summed E-state index contributed by atoms with van der Waals surface area (Å²) < 4.78 is 0. The van der Waals surface area contributed by atoms with Gasteiger partial charge in [-0.3, -0.25) is 5.73 Å². The first kappa shape index (κ1) is 12.2. The Kier molecular flexibility index (Phi) is 3.26. The predicted octanol–water partition coefficient (Wildman–Crippen LogP) is 2.45. The molecule has 0 saturated carbocycles. The molecule has 1 aromatic rings. The largest absolute Gasteiger partial charge is 0.349 e. The first-order chi connectivity index (χ1) is 8.03. The van der Waals surface area contributed by atoms with E-state index < -0.39 is 5.79 Å². The molecule has 0 bridgehead atoms. The average molecular weight is 247 g/mol. The van der Waals surface area contributed by atoms with E-state index in [1.807, 2.05) is 32.1 Å². The van der Waals surface area contributed by atoms with E-state index in [0.29, 0.717) is 0 Å². The molecule has 90 valence electrons. The molecule has 3 nitrogen and oxygen atoms in total. The van der Waals surface area contributed by atoms with E-state index in [-0.39, 0.29) is 0 Å². The van der Waals surface area contributed by atoms with Crippen LogP contribution in [0.5, 0.6) is 0 Å². The summed E-state index contributed by atoms with van der Waals surface area (Å²) in [5, 5.41) is 3.22. The summed E-state index contributed by atoms with van der Waals surface area (Å²) >= 11 is 1.72. The number of allylic oxidation sites excluding steroid dienone is 2. The van der Waals surface area contributed by atoms with Gasteiger partial charge in [0, 0.05) is 21.9 Å².